The van der Waals surface area contributed by atoms with Crippen LogP contribution in [-0.4, -0.2) is 36.1 Å². The van der Waals surface area contributed by atoms with Crippen LogP contribution >= 0.6 is 0 Å². The van der Waals surface area contributed by atoms with E-state index in [2.05, 4.69) is 58.7 Å². The molecule has 1 saturated carbocycles. The van der Waals surface area contributed by atoms with Crippen molar-refractivity contribution >= 4 is 0 Å². The van der Waals surface area contributed by atoms with Crippen LogP contribution in [0.5, 0.6) is 0 Å². The summed E-state index contributed by atoms with van der Waals surface area (Å²) < 4.78 is 0. The first-order chi connectivity index (χ1) is 9.23. The van der Waals surface area contributed by atoms with Crippen LogP contribution in [0.25, 0.3) is 0 Å². The third-order valence-corrected chi connectivity index (χ3v) is 4.98. The fraction of sp³-hybridized carbons (Fsp3) is 1.00. The van der Waals surface area contributed by atoms with Crippen molar-refractivity contribution in [2.75, 3.05) is 13.1 Å². The minimum Gasteiger partial charge on any atom is -0.312 e. The van der Waals surface area contributed by atoms with E-state index in [0.29, 0.717) is 17.5 Å². The maximum Gasteiger partial charge on any atom is 0.0112 e. The van der Waals surface area contributed by atoms with Crippen molar-refractivity contribution in [3.05, 3.63) is 0 Å². The van der Waals surface area contributed by atoms with Crippen LogP contribution in [0.4, 0.5) is 0 Å². The van der Waals surface area contributed by atoms with Gasteiger partial charge >= 0.3 is 0 Å². The Morgan fingerprint density at radius 2 is 1.55 bits per heavy atom. The Hall–Kier alpha value is -0.0800. The van der Waals surface area contributed by atoms with E-state index in [0.717, 1.165) is 18.5 Å². The summed E-state index contributed by atoms with van der Waals surface area (Å²) >= 11 is 0. The summed E-state index contributed by atoms with van der Waals surface area (Å²) in [6.07, 6.45) is 5.59. The van der Waals surface area contributed by atoms with Crippen molar-refractivity contribution in [3.63, 3.8) is 0 Å². The molecule has 0 aromatic heterocycles. The molecule has 2 atom stereocenters. The van der Waals surface area contributed by atoms with E-state index in [1.54, 1.807) is 0 Å². The number of nitrogens with zero attached hydrogens (tertiary/aromatic N) is 1. The second-order valence-corrected chi connectivity index (χ2v) is 8.24. The van der Waals surface area contributed by atoms with Gasteiger partial charge in [-0.25, -0.2) is 0 Å². The number of hydrogen-bond donors (Lipinski definition) is 1. The van der Waals surface area contributed by atoms with Gasteiger partial charge in [0.1, 0.15) is 0 Å². The van der Waals surface area contributed by atoms with Gasteiger partial charge in [-0.3, -0.25) is 4.90 Å². The maximum absolute atomic E-state index is 3.88. The van der Waals surface area contributed by atoms with E-state index in [1.807, 2.05) is 0 Å². The van der Waals surface area contributed by atoms with Gasteiger partial charge in [0.05, 0.1) is 0 Å². The maximum atomic E-state index is 3.88. The van der Waals surface area contributed by atoms with E-state index in [9.17, 15) is 0 Å². The topological polar surface area (TPSA) is 15.3 Å². The quantitative estimate of drug-likeness (QED) is 0.781. The zero-order chi connectivity index (χ0) is 15.3. The lowest BCUT2D eigenvalue weighted by molar-refractivity contribution is 0.121. The first-order valence-corrected chi connectivity index (χ1v) is 8.72. The van der Waals surface area contributed by atoms with Gasteiger partial charge in [-0.1, -0.05) is 33.6 Å². The second kappa shape index (κ2) is 7.79. The highest BCUT2D eigenvalue weighted by Gasteiger charge is 2.33. The molecule has 2 unspecified atom stereocenters. The lowest BCUT2D eigenvalue weighted by atomic mass is 9.69. The van der Waals surface area contributed by atoms with Gasteiger partial charge in [0.15, 0.2) is 0 Å². The fourth-order valence-corrected chi connectivity index (χ4v) is 3.90. The molecular weight excluding hydrogens is 244 g/mol. The van der Waals surface area contributed by atoms with E-state index in [4.69, 9.17) is 0 Å². The van der Waals surface area contributed by atoms with Crippen molar-refractivity contribution in [2.45, 2.75) is 92.3 Å². The van der Waals surface area contributed by atoms with Crippen LogP contribution in [0.3, 0.4) is 0 Å². The molecule has 1 aliphatic rings. The average Bonchev–Trinajstić information content (AvgIpc) is 2.33. The van der Waals surface area contributed by atoms with Gasteiger partial charge in [0, 0.05) is 31.2 Å². The van der Waals surface area contributed by atoms with Gasteiger partial charge in [-0.15, -0.1) is 0 Å². The summed E-state index contributed by atoms with van der Waals surface area (Å²) in [5.74, 6) is 0.836. The Bertz CT molecular complexity index is 257. The molecule has 0 aliphatic heterocycles. The minimum atomic E-state index is 0.438. The van der Waals surface area contributed by atoms with Crippen molar-refractivity contribution in [1.82, 2.24) is 10.2 Å². The van der Waals surface area contributed by atoms with Crippen LogP contribution in [0.15, 0.2) is 0 Å². The number of hydrogen-bond acceptors (Lipinski definition) is 2. The Balaban J connectivity index is 2.46. The van der Waals surface area contributed by atoms with Crippen LogP contribution in [0, 0.1) is 11.3 Å². The van der Waals surface area contributed by atoms with E-state index < -0.39 is 0 Å². The van der Waals surface area contributed by atoms with Crippen molar-refractivity contribution < 1.29 is 0 Å². The number of rotatable bonds is 6. The first-order valence-electron chi connectivity index (χ1n) is 8.72. The summed E-state index contributed by atoms with van der Waals surface area (Å²) in [6.45, 7) is 18.7. The molecule has 120 valence electrons. The van der Waals surface area contributed by atoms with E-state index >= 15 is 0 Å². The minimum absolute atomic E-state index is 0.438. The SMILES string of the molecule is CC(C)N(CCNC1CCCCC1C(C)(C)C)C(C)C. The molecule has 0 amide bonds. The summed E-state index contributed by atoms with van der Waals surface area (Å²) in [6, 6.07) is 2.01. The highest BCUT2D eigenvalue weighted by molar-refractivity contribution is 4.88. The molecule has 20 heavy (non-hydrogen) atoms. The molecule has 0 aromatic carbocycles. The Kier molecular flexibility index (Phi) is 7.00. The molecule has 1 fully saturated rings. The Labute approximate surface area is 127 Å². The van der Waals surface area contributed by atoms with Crippen LogP contribution in [-0.2, 0) is 0 Å². The molecule has 1 rings (SSSR count). The predicted octanol–water partition coefficient (Wildman–Crippen LogP) is 4.30. The van der Waals surface area contributed by atoms with Gasteiger partial charge in [-0.05, 0) is 51.9 Å². The summed E-state index contributed by atoms with van der Waals surface area (Å²) in [5, 5.41) is 3.88. The smallest absolute Gasteiger partial charge is 0.0112 e. The third-order valence-electron chi connectivity index (χ3n) is 4.98. The molecular formula is C18H38N2. The standard InChI is InChI=1S/C18H38N2/c1-14(2)20(15(3)4)13-12-19-17-11-9-8-10-16(17)18(5,6)7/h14-17,19H,8-13H2,1-7H3. The average molecular weight is 283 g/mol. The molecule has 2 heteroatoms. The summed E-state index contributed by atoms with van der Waals surface area (Å²) in [4.78, 5) is 2.59. The fourth-order valence-electron chi connectivity index (χ4n) is 3.90. The second-order valence-electron chi connectivity index (χ2n) is 8.24. The van der Waals surface area contributed by atoms with E-state index in [1.165, 1.54) is 32.2 Å². The number of nitrogens with one attached hydrogen (secondary N) is 1. The van der Waals surface area contributed by atoms with Crippen LogP contribution in [0.2, 0.25) is 0 Å². The summed E-state index contributed by atoms with van der Waals surface area (Å²) in [7, 11) is 0. The first kappa shape index (κ1) is 18.0. The zero-order valence-corrected chi connectivity index (χ0v) is 15.0. The Morgan fingerprint density at radius 3 is 2.05 bits per heavy atom. The van der Waals surface area contributed by atoms with Crippen molar-refractivity contribution in [3.8, 4) is 0 Å². The van der Waals surface area contributed by atoms with Gasteiger partial charge in [0.25, 0.3) is 0 Å². The molecule has 0 saturated heterocycles. The molecule has 0 aromatic rings. The largest absolute Gasteiger partial charge is 0.312 e. The molecule has 0 radical (unpaired) electrons. The normalized spacial score (nSPS) is 24.9. The molecule has 0 heterocycles. The van der Waals surface area contributed by atoms with Crippen molar-refractivity contribution in [2.24, 2.45) is 11.3 Å². The third kappa shape index (κ3) is 5.37. The highest BCUT2D eigenvalue weighted by Crippen LogP contribution is 2.37. The molecule has 0 spiro atoms. The predicted molar refractivity (Wildman–Crippen MR) is 90.2 cm³/mol. The van der Waals surface area contributed by atoms with Crippen molar-refractivity contribution in [1.29, 1.82) is 0 Å². The molecule has 1 N–H and O–H groups in total. The Morgan fingerprint density at radius 1 is 1.00 bits per heavy atom. The highest BCUT2D eigenvalue weighted by atomic mass is 15.2. The van der Waals surface area contributed by atoms with Crippen LogP contribution < -0.4 is 5.32 Å². The monoisotopic (exact) mass is 282 g/mol. The van der Waals surface area contributed by atoms with Gasteiger partial charge < -0.3 is 5.32 Å². The summed E-state index contributed by atoms with van der Waals surface area (Å²) in [5.41, 5.74) is 0.438. The zero-order valence-electron chi connectivity index (χ0n) is 15.0. The molecule has 1 aliphatic carbocycles. The lowest BCUT2D eigenvalue weighted by Gasteiger charge is -2.41. The lowest BCUT2D eigenvalue weighted by Crippen LogP contribution is -2.48. The van der Waals surface area contributed by atoms with Gasteiger partial charge in [-0.2, -0.15) is 0 Å². The van der Waals surface area contributed by atoms with Gasteiger partial charge in [0.2, 0.25) is 0 Å². The van der Waals surface area contributed by atoms with E-state index in [-0.39, 0.29) is 0 Å². The molecule has 0 bridgehead atoms. The molecule has 2 nitrogen and oxygen atoms in total. The van der Waals surface area contributed by atoms with Crippen LogP contribution in [0.1, 0.15) is 74.1 Å².